The van der Waals surface area contributed by atoms with Gasteiger partial charge in [-0.25, -0.2) is 9.97 Å². The molecule has 1 saturated carbocycles. The minimum absolute atomic E-state index is 0.126. The van der Waals surface area contributed by atoms with E-state index in [2.05, 4.69) is 26.9 Å². The molecule has 124 valence electrons. The van der Waals surface area contributed by atoms with E-state index in [4.69, 9.17) is 5.26 Å². The Morgan fingerprint density at radius 1 is 1.46 bits per heavy atom. The van der Waals surface area contributed by atoms with Crippen LogP contribution in [0.5, 0.6) is 0 Å². The molecule has 3 heterocycles. The van der Waals surface area contributed by atoms with E-state index < -0.39 is 0 Å². The standard InChI is InChI=1S/C17H20N6O/c1-22(17-11-4-6-19-16(11)20-10-21-17)7-12-13-8-23(9-14(12)13)15(24)3-2-5-18/h4,6,10,12-14H,2-3,7-9H2,1H3,(H,19,20,21)/t12-,13+,14-. The van der Waals surface area contributed by atoms with Crippen LogP contribution < -0.4 is 4.90 Å². The fourth-order valence-corrected chi connectivity index (χ4v) is 4.01. The van der Waals surface area contributed by atoms with E-state index in [1.54, 1.807) is 6.33 Å². The molecule has 0 bridgehead atoms. The van der Waals surface area contributed by atoms with Crippen molar-refractivity contribution in [3.05, 3.63) is 18.6 Å². The molecule has 2 aromatic rings. The Balaban J connectivity index is 1.35. The first-order valence-electron chi connectivity index (χ1n) is 8.33. The number of nitrogens with zero attached hydrogens (tertiary/aromatic N) is 5. The molecule has 0 spiro atoms. The summed E-state index contributed by atoms with van der Waals surface area (Å²) in [7, 11) is 2.07. The highest BCUT2D eigenvalue weighted by Crippen LogP contribution is 2.52. The summed E-state index contributed by atoms with van der Waals surface area (Å²) in [4.78, 5) is 27.9. The molecule has 1 aliphatic heterocycles. The van der Waals surface area contributed by atoms with Gasteiger partial charge in [-0.05, 0) is 23.8 Å². The second-order valence-electron chi connectivity index (χ2n) is 6.77. The number of carbonyl (C=O) groups is 1. The number of hydrogen-bond donors (Lipinski definition) is 1. The Hall–Kier alpha value is -2.62. The molecule has 0 radical (unpaired) electrons. The Kier molecular flexibility index (Phi) is 3.60. The van der Waals surface area contributed by atoms with Crippen LogP contribution in [0.15, 0.2) is 18.6 Å². The lowest BCUT2D eigenvalue weighted by Crippen LogP contribution is -2.33. The van der Waals surface area contributed by atoms with Crippen molar-refractivity contribution >= 4 is 22.8 Å². The zero-order chi connectivity index (χ0) is 16.7. The van der Waals surface area contributed by atoms with Crippen molar-refractivity contribution in [3.8, 4) is 6.07 Å². The first kappa shape index (κ1) is 14.9. The van der Waals surface area contributed by atoms with Gasteiger partial charge < -0.3 is 14.8 Å². The minimum atomic E-state index is 0.126. The maximum Gasteiger partial charge on any atom is 0.223 e. The largest absolute Gasteiger partial charge is 0.359 e. The Bertz CT molecular complexity index is 797. The molecule has 1 saturated heterocycles. The van der Waals surface area contributed by atoms with E-state index in [0.717, 1.165) is 36.5 Å². The molecule has 7 heteroatoms. The molecule has 0 unspecified atom stereocenters. The Labute approximate surface area is 140 Å². The molecular weight excluding hydrogens is 304 g/mol. The van der Waals surface area contributed by atoms with Crippen LogP contribution in [0.3, 0.4) is 0 Å². The third kappa shape index (κ3) is 2.48. The van der Waals surface area contributed by atoms with Gasteiger partial charge in [0, 0.05) is 45.7 Å². The van der Waals surface area contributed by atoms with Crippen molar-refractivity contribution < 1.29 is 4.79 Å². The Morgan fingerprint density at radius 3 is 3.00 bits per heavy atom. The van der Waals surface area contributed by atoms with Crippen molar-refractivity contribution in [2.24, 2.45) is 17.8 Å². The summed E-state index contributed by atoms with van der Waals surface area (Å²) < 4.78 is 0. The number of piperidine rings is 1. The number of fused-ring (bicyclic) bond motifs is 2. The van der Waals surface area contributed by atoms with Gasteiger partial charge >= 0.3 is 0 Å². The number of carbonyl (C=O) groups excluding carboxylic acids is 1. The Morgan fingerprint density at radius 2 is 2.25 bits per heavy atom. The van der Waals surface area contributed by atoms with Crippen LogP contribution in [0, 0.1) is 29.1 Å². The van der Waals surface area contributed by atoms with Gasteiger partial charge in [0.25, 0.3) is 0 Å². The summed E-state index contributed by atoms with van der Waals surface area (Å²) in [5, 5.41) is 9.63. The molecule has 2 aliphatic rings. The van der Waals surface area contributed by atoms with Gasteiger partial charge in [-0.3, -0.25) is 4.79 Å². The van der Waals surface area contributed by atoms with Crippen LogP contribution in [-0.4, -0.2) is 52.4 Å². The molecule has 3 atom stereocenters. The summed E-state index contributed by atoms with van der Waals surface area (Å²) in [6.45, 7) is 2.64. The number of nitriles is 1. The van der Waals surface area contributed by atoms with E-state index in [1.807, 2.05) is 23.2 Å². The van der Waals surface area contributed by atoms with E-state index in [1.165, 1.54) is 0 Å². The normalized spacial score (nSPS) is 24.7. The number of amides is 1. The van der Waals surface area contributed by atoms with Gasteiger partial charge in [-0.15, -0.1) is 0 Å². The van der Waals surface area contributed by atoms with Crippen LogP contribution in [0.4, 0.5) is 5.82 Å². The lowest BCUT2D eigenvalue weighted by atomic mass is 10.2. The minimum Gasteiger partial charge on any atom is -0.359 e. The van der Waals surface area contributed by atoms with Crippen molar-refractivity contribution in [2.45, 2.75) is 12.8 Å². The first-order chi connectivity index (χ1) is 11.7. The van der Waals surface area contributed by atoms with Gasteiger partial charge in [0.15, 0.2) is 0 Å². The van der Waals surface area contributed by atoms with Crippen molar-refractivity contribution in [2.75, 3.05) is 31.6 Å². The highest BCUT2D eigenvalue weighted by Gasteiger charge is 2.56. The number of rotatable bonds is 5. The summed E-state index contributed by atoms with van der Waals surface area (Å²) in [6, 6.07) is 4.05. The quantitative estimate of drug-likeness (QED) is 0.898. The maximum absolute atomic E-state index is 12.0. The number of hydrogen-bond acceptors (Lipinski definition) is 5. The van der Waals surface area contributed by atoms with Crippen molar-refractivity contribution in [1.82, 2.24) is 19.9 Å². The number of aromatic nitrogens is 3. The summed E-state index contributed by atoms with van der Waals surface area (Å²) in [5.74, 6) is 2.90. The molecule has 2 fully saturated rings. The molecule has 0 aromatic carbocycles. The second-order valence-corrected chi connectivity index (χ2v) is 6.77. The summed E-state index contributed by atoms with van der Waals surface area (Å²) in [6.07, 6.45) is 4.14. The maximum atomic E-state index is 12.0. The molecule has 2 aromatic heterocycles. The van der Waals surface area contributed by atoms with Gasteiger partial charge in [-0.1, -0.05) is 0 Å². The van der Waals surface area contributed by atoms with Crippen molar-refractivity contribution in [3.63, 3.8) is 0 Å². The highest BCUT2D eigenvalue weighted by atomic mass is 16.2. The van der Waals surface area contributed by atoms with Crippen LogP contribution >= 0.6 is 0 Å². The smallest absolute Gasteiger partial charge is 0.223 e. The van der Waals surface area contributed by atoms with Gasteiger partial charge in [0.2, 0.25) is 5.91 Å². The number of likely N-dealkylation sites (tertiary alicyclic amines) is 1. The average molecular weight is 324 g/mol. The zero-order valence-corrected chi connectivity index (χ0v) is 13.6. The van der Waals surface area contributed by atoms with Gasteiger partial charge in [-0.2, -0.15) is 5.26 Å². The van der Waals surface area contributed by atoms with E-state index >= 15 is 0 Å². The van der Waals surface area contributed by atoms with Crippen LogP contribution in [-0.2, 0) is 4.79 Å². The highest BCUT2D eigenvalue weighted by molar-refractivity contribution is 5.87. The fourth-order valence-electron chi connectivity index (χ4n) is 4.01. The third-order valence-electron chi connectivity index (χ3n) is 5.35. The molecule has 1 aliphatic carbocycles. The number of anilines is 1. The third-order valence-corrected chi connectivity index (χ3v) is 5.35. The molecular formula is C17H20N6O. The van der Waals surface area contributed by atoms with Crippen molar-refractivity contribution in [1.29, 1.82) is 5.26 Å². The number of H-pyrrole nitrogens is 1. The predicted octanol–water partition coefficient (Wildman–Crippen LogP) is 1.40. The van der Waals surface area contributed by atoms with Gasteiger partial charge in [0.05, 0.1) is 11.5 Å². The molecule has 4 rings (SSSR count). The lowest BCUT2D eigenvalue weighted by molar-refractivity contribution is -0.130. The van der Waals surface area contributed by atoms with E-state index in [0.29, 0.717) is 30.6 Å². The molecule has 24 heavy (non-hydrogen) atoms. The van der Waals surface area contributed by atoms with E-state index in [-0.39, 0.29) is 5.91 Å². The SMILES string of the molecule is CN(C[C@@H]1[C@@H]2CN(C(=O)CCC#N)C[C@@H]21)c1ncnc2[nH]ccc12. The van der Waals surface area contributed by atoms with E-state index in [9.17, 15) is 4.79 Å². The van der Waals surface area contributed by atoms with Gasteiger partial charge in [0.1, 0.15) is 17.8 Å². The topological polar surface area (TPSA) is 88.9 Å². The molecule has 7 nitrogen and oxygen atoms in total. The summed E-state index contributed by atoms with van der Waals surface area (Å²) >= 11 is 0. The predicted molar refractivity (Wildman–Crippen MR) is 89.1 cm³/mol. The first-order valence-corrected chi connectivity index (χ1v) is 8.33. The van der Waals surface area contributed by atoms with Crippen LogP contribution in [0.2, 0.25) is 0 Å². The monoisotopic (exact) mass is 324 g/mol. The average Bonchev–Trinajstić information content (AvgIpc) is 3.02. The zero-order valence-electron chi connectivity index (χ0n) is 13.6. The summed E-state index contributed by atoms with van der Waals surface area (Å²) in [5.41, 5.74) is 0.858. The lowest BCUT2D eigenvalue weighted by Gasteiger charge is -2.23. The number of aromatic amines is 1. The van der Waals surface area contributed by atoms with Crippen LogP contribution in [0.25, 0.3) is 11.0 Å². The number of nitrogens with one attached hydrogen (secondary N) is 1. The second kappa shape index (κ2) is 5.78. The fraction of sp³-hybridized carbons (Fsp3) is 0.529. The van der Waals surface area contributed by atoms with Crippen LogP contribution in [0.1, 0.15) is 12.8 Å². The molecule has 1 N–H and O–H groups in total. The molecule has 1 amide bonds.